The van der Waals surface area contributed by atoms with Crippen LogP contribution in [0.1, 0.15) is 6.92 Å². The molecule has 7 rings (SSSR count). The number of anilines is 5. The first-order chi connectivity index (χ1) is 23.4. The number of amides is 1. The molecule has 2 fully saturated rings. The van der Waals surface area contributed by atoms with Crippen LogP contribution in [0.25, 0.3) is 22.2 Å². The summed E-state index contributed by atoms with van der Waals surface area (Å²) >= 11 is 3.57. The van der Waals surface area contributed by atoms with E-state index in [1.54, 1.807) is 43.7 Å². The van der Waals surface area contributed by atoms with Gasteiger partial charge in [0.1, 0.15) is 29.8 Å². The molecule has 3 aromatic heterocycles. The van der Waals surface area contributed by atoms with Gasteiger partial charge in [-0.3, -0.25) is 24.3 Å². The number of fused-ring (bicyclic) bond motifs is 1. The Kier molecular flexibility index (Phi) is 8.54. The number of benzene rings is 2. The molecule has 254 valence electrons. The number of hydrogen-bond acceptors (Lipinski definition) is 12. The molecular formula is C33H37BrN11O3P. The van der Waals surface area contributed by atoms with E-state index in [-0.39, 0.29) is 5.91 Å². The van der Waals surface area contributed by atoms with Gasteiger partial charge in [-0.15, -0.1) is 0 Å². The minimum absolute atomic E-state index is 0.0883. The number of ether oxygens (including phenoxy) is 1. The molecule has 2 aliphatic rings. The number of nitrogens with one attached hydrogen (secondary N) is 3. The third-order valence-corrected chi connectivity index (χ3v) is 11.2. The van der Waals surface area contributed by atoms with E-state index in [1.807, 2.05) is 50.6 Å². The summed E-state index contributed by atoms with van der Waals surface area (Å²) in [5, 5.41) is 14.6. The highest BCUT2D eigenvalue weighted by Crippen LogP contribution is 2.43. The van der Waals surface area contributed by atoms with Crippen molar-refractivity contribution in [2.75, 3.05) is 68.7 Å². The van der Waals surface area contributed by atoms with E-state index in [0.29, 0.717) is 56.2 Å². The van der Waals surface area contributed by atoms with Crippen molar-refractivity contribution >= 4 is 74.1 Å². The second-order valence-corrected chi connectivity index (χ2v) is 16.8. The first-order valence-electron chi connectivity index (χ1n) is 15.8. The Balaban J connectivity index is 1.21. The molecule has 0 spiro atoms. The van der Waals surface area contributed by atoms with Gasteiger partial charge in [0.15, 0.2) is 0 Å². The van der Waals surface area contributed by atoms with Crippen LogP contribution in [0.5, 0.6) is 5.75 Å². The zero-order valence-corrected chi connectivity index (χ0v) is 30.3. The zero-order chi connectivity index (χ0) is 34.5. The van der Waals surface area contributed by atoms with Crippen LogP contribution < -0.4 is 30.9 Å². The van der Waals surface area contributed by atoms with Gasteiger partial charge in [0.2, 0.25) is 11.9 Å². The van der Waals surface area contributed by atoms with Gasteiger partial charge in [-0.05, 0) is 54.4 Å². The largest absolute Gasteiger partial charge is 0.494 e. The molecule has 16 heteroatoms. The number of methoxy groups -OCH3 is 1. The summed E-state index contributed by atoms with van der Waals surface area (Å²) in [6.07, 6.45) is 8.69. The summed E-state index contributed by atoms with van der Waals surface area (Å²) in [7, 11) is 0.745. The molecule has 49 heavy (non-hydrogen) atoms. The molecule has 1 unspecified atom stereocenters. The molecular weight excluding hydrogens is 709 g/mol. The molecule has 0 bridgehead atoms. The second-order valence-electron chi connectivity index (χ2n) is 12.8. The molecule has 0 aliphatic carbocycles. The Morgan fingerprint density at radius 3 is 2.45 bits per heavy atom. The van der Waals surface area contributed by atoms with Crippen LogP contribution in [0.15, 0.2) is 59.7 Å². The number of β-lactam (4-membered cyclic amide) rings is 1. The normalized spacial score (nSPS) is 18.2. The van der Waals surface area contributed by atoms with Crippen molar-refractivity contribution < 1.29 is 14.1 Å². The molecule has 0 radical (unpaired) electrons. The number of aryl methyl sites for hydroxylation is 1. The van der Waals surface area contributed by atoms with Crippen molar-refractivity contribution in [3.05, 3.63) is 59.7 Å². The number of rotatable bonds is 9. The molecule has 2 aromatic carbocycles. The lowest BCUT2D eigenvalue weighted by Gasteiger charge is -2.50. The smallest absolute Gasteiger partial charge is 0.242 e. The maximum Gasteiger partial charge on any atom is 0.242 e. The number of halogens is 1. The highest BCUT2D eigenvalue weighted by Gasteiger charge is 2.47. The summed E-state index contributed by atoms with van der Waals surface area (Å²) in [4.78, 5) is 35.1. The lowest BCUT2D eigenvalue weighted by atomic mass is 9.90. The molecule has 1 atom stereocenters. The van der Waals surface area contributed by atoms with E-state index in [2.05, 4.69) is 61.7 Å². The summed E-state index contributed by atoms with van der Waals surface area (Å²) in [5.41, 5.74) is 5.02. The summed E-state index contributed by atoms with van der Waals surface area (Å²) in [6, 6.07) is 7.74. The van der Waals surface area contributed by atoms with Crippen LogP contribution >= 0.6 is 23.1 Å². The van der Waals surface area contributed by atoms with Gasteiger partial charge in [0.05, 0.1) is 40.0 Å². The van der Waals surface area contributed by atoms with Gasteiger partial charge in [-0.2, -0.15) is 10.1 Å². The number of aromatic nitrogens is 6. The molecule has 2 saturated heterocycles. The fraction of sp³-hybridized carbons (Fsp3) is 0.333. The van der Waals surface area contributed by atoms with Crippen molar-refractivity contribution in [3.63, 3.8) is 0 Å². The lowest BCUT2D eigenvalue weighted by Crippen LogP contribution is -2.73. The Bertz CT molecular complexity index is 2130. The Morgan fingerprint density at radius 2 is 1.80 bits per heavy atom. The number of carbonyl (C=O) groups excluding carboxylic acids is 1. The van der Waals surface area contributed by atoms with Crippen LogP contribution in [0.4, 0.5) is 28.8 Å². The third-order valence-electron chi connectivity index (χ3n) is 9.13. The topological polar surface area (TPSA) is 155 Å². The van der Waals surface area contributed by atoms with Crippen LogP contribution in [-0.2, 0) is 16.4 Å². The average molecular weight is 747 g/mol. The van der Waals surface area contributed by atoms with Crippen LogP contribution in [0.2, 0.25) is 0 Å². The lowest BCUT2D eigenvalue weighted by molar-refractivity contribution is -0.142. The minimum atomic E-state index is -2.78. The Hall–Kier alpha value is -4.59. The van der Waals surface area contributed by atoms with Gasteiger partial charge in [-0.1, -0.05) is 0 Å². The van der Waals surface area contributed by atoms with Crippen LogP contribution in [-0.4, -0.2) is 99.2 Å². The van der Waals surface area contributed by atoms with E-state index in [9.17, 15) is 9.36 Å². The fourth-order valence-electron chi connectivity index (χ4n) is 6.43. The quantitative estimate of drug-likeness (QED) is 0.145. The minimum Gasteiger partial charge on any atom is -0.494 e. The number of hydrogen-bond donors (Lipinski definition) is 3. The average Bonchev–Trinajstić information content (AvgIpc) is 3.53. The number of nitrogens with zero attached hydrogens (tertiary/aromatic N) is 8. The molecule has 2 aliphatic heterocycles. The molecule has 0 saturated carbocycles. The first kappa shape index (κ1) is 32.9. The molecule has 5 heterocycles. The molecule has 3 N–H and O–H groups in total. The standard InChI is InChI=1S/C33H37BrN11O3P/c1-33(19-38-31(33)46)45-12-10-44(11-13-45)26-15-27(48-3)25(14-21(26)20-16-39-43(2)18-20)41-32-37-17-22(34)30(42-32)40-24-7-6-23-28(36-9-8-35-23)29(24)49(4,5)47/h6-9,14-18H,10-13,19H2,1-5H3,(H,38,46)(H2,37,40,41,42). The predicted molar refractivity (Wildman–Crippen MR) is 195 cm³/mol. The Morgan fingerprint density at radius 1 is 1.02 bits per heavy atom. The summed E-state index contributed by atoms with van der Waals surface area (Å²) < 4.78 is 21.8. The number of carbonyl (C=O) groups is 1. The monoisotopic (exact) mass is 745 g/mol. The maximum absolute atomic E-state index is 13.5. The fourth-order valence-corrected chi connectivity index (χ4v) is 8.12. The number of piperazine rings is 1. The van der Waals surface area contributed by atoms with E-state index in [4.69, 9.17) is 9.72 Å². The van der Waals surface area contributed by atoms with Gasteiger partial charge in [0, 0.05) is 87.4 Å². The van der Waals surface area contributed by atoms with Gasteiger partial charge < -0.3 is 30.2 Å². The Labute approximate surface area is 292 Å². The summed E-state index contributed by atoms with van der Waals surface area (Å²) in [6.45, 7) is 9.14. The van der Waals surface area contributed by atoms with Gasteiger partial charge in [-0.25, -0.2) is 4.98 Å². The molecule has 5 aromatic rings. The summed E-state index contributed by atoms with van der Waals surface area (Å²) in [5.74, 6) is 1.51. The highest BCUT2D eigenvalue weighted by molar-refractivity contribution is 9.10. The molecule has 1 amide bonds. The third kappa shape index (κ3) is 6.22. The highest BCUT2D eigenvalue weighted by atomic mass is 79.9. The van der Waals surface area contributed by atoms with E-state index in [0.717, 1.165) is 43.0 Å². The first-order valence-corrected chi connectivity index (χ1v) is 19.2. The SMILES string of the molecule is COc1cc(N2CCN(C3(C)CNC3=O)CC2)c(-c2cnn(C)c2)cc1Nc1ncc(Br)c(Nc2ccc3nccnc3c2P(C)(C)=O)n1. The van der Waals surface area contributed by atoms with E-state index >= 15 is 0 Å². The molecule has 14 nitrogen and oxygen atoms in total. The van der Waals surface area contributed by atoms with Gasteiger partial charge in [0.25, 0.3) is 0 Å². The van der Waals surface area contributed by atoms with Crippen molar-refractivity contribution in [3.8, 4) is 16.9 Å². The van der Waals surface area contributed by atoms with Crippen molar-refractivity contribution in [1.29, 1.82) is 0 Å². The van der Waals surface area contributed by atoms with E-state index < -0.39 is 12.7 Å². The van der Waals surface area contributed by atoms with Gasteiger partial charge >= 0.3 is 0 Å². The second kappa shape index (κ2) is 12.7. The zero-order valence-electron chi connectivity index (χ0n) is 27.9. The van der Waals surface area contributed by atoms with Crippen LogP contribution in [0, 0.1) is 0 Å². The maximum atomic E-state index is 13.5. The van der Waals surface area contributed by atoms with Crippen LogP contribution in [0.3, 0.4) is 0 Å². The van der Waals surface area contributed by atoms with Crippen molar-refractivity contribution in [2.45, 2.75) is 12.5 Å². The predicted octanol–water partition coefficient (Wildman–Crippen LogP) is 4.34. The van der Waals surface area contributed by atoms with E-state index in [1.165, 1.54) is 0 Å². The van der Waals surface area contributed by atoms with Crippen molar-refractivity contribution in [1.82, 2.24) is 39.9 Å². The van der Waals surface area contributed by atoms with Crippen molar-refractivity contribution in [2.24, 2.45) is 7.05 Å².